The third-order valence-electron chi connectivity index (χ3n) is 4.59. The predicted molar refractivity (Wildman–Crippen MR) is 104 cm³/mol. The van der Waals surface area contributed by atoms with Gasteiger partial charge >= 0.3 is 12.1 Å². The fourth-order valence-corrected chi connectivity index (χ4v) is 3.06. The first-order chi connectivity index (χ1) is 14.7. The molecule has 8 nitrogen and oxygen atoms in total. The quantitative estimate of drug-likeness (QED) is 0.445. The minimum absolute atomic E-state index is 0.181. The van der Waals surface area contributed by atoms with Crippen LogP contribution in [0.15, 0.2) is 61.2 Å². The van der Waals surface area contributed by atoms with Gasteiger partial charge in [0, 0.05) is 19.2 Å². The van der Waals surface area contributed by atoms with Crippen LogP contribution in [0, 0.1) is 0 Å². The molecular weight excluding hydrogens is 417 g/mol. The monoisotopic (exact) mass is 432 g/mol. The molecule has 11 heteroatoms. The van der Waals surface area contributed by atoms with Crippen molar-refractivity contribution in [1.29, 1.82) is 0 Å². The van der Waals surface area contributed by atoms with Crippen LogP contribution in [-0.2, 0) is 19.3 Å². The summed E-state index contributed by atoms with van der Waals surface area (Å²) in [5.41, 5.74) is 0.394. The molecule has 2 aromatic heterocycles. The molecule has 160 valence electrons. The number of hydrogen-bond donors (Lipinski definition) is 1. The van der Waals surface area contributed by atoms with Crippen molar-refractivity contribution in [3.8, 4) is 11.4 Å². The second-order valence-electron chi connectivity index (χ2n) is 6.79. The van der Waals surface area contributed by atoms with Crippen molar-refractivity contribution in [3.63, 3.8) is 0 Å². The Morgan fingerprint density at radius 1 is 1.10 bits per heavy atom. The third-order valence-corrected chi connectivity index (χ3v) is 4.59. The minimum Gasteiger partial charge on any atom is -0.467 e. The van der Waals surface area contributed by atoms with E-state index in [1.807, 2.05) is 0 Å². The fraction of sp³-hybridized carbons (Fsp3) is 0.200. The van der Waals surface area contributed by atoms with Crippen LogP contribution in [0.4, 0.5) is 24.5 Å². The van der Waals surface area contributed by atoms with Crippen LogP contribution >= 0.6 is 0 Å². The maximum Gasteiger partial charge on any atom is 0.471 e. The Hall–Kier alpha value is -3.89. The zero-order chi connectivity index (χ0) is 22.2. The number of hydrogen-bond acceptors (Lipinski definition) is 8. The molecule has 2 aromatic carbocycles. The Labute approximate surface area is 172 Å². The van der Waals surface area contributed by atoms with Gasteiger partial charge in [-0.25, -0.2) is 0 Å². The number of nitrogens with zero attached hydrogens (tertiary/aromatic N) is 3. The molecule has 4 rings (SSSR count). The van der Waals surface area contributed by atoms with Crippen molar-refractivity contribution in [1.82, 2.24) is 10.1 Å². The number of alkyl halides is 3. The van der Waals surface area contributed by atoms with Gasteiger partial charge in [0.15, 0.2) is 0 Å². The molecule has 0 aliphatic carbocycles. The van der Waals surface area contributed by atoms with Crippen LogP contribution in [0.25, 0.3) is 11.4 Å². The minimum atomic E-state index is -4.71. The van der Waals surface area contributed by atoms with Crippen LogP contribution in [-0.4, -0.2) is 17.2 Å². The third kappa shape index (κ3) is 4.06. The Bertz CT molecular complexity index is 1250. The highest BCUT2D eigenvalue weighted by Gasteiger charge is 2.38. The zero-order valence-corrected chi connectivity index (χ0v) is 16.1. The number of rotatable bonds is 7. The average Bonchev–Trinajstić information content (AvgIpc) is 3.42. The van der Waals surface area contributed by atoms with Crippen LogP contribution in [0.2, 0.25) is 0 Å². The number of nitrogens with one attached hydrogen (secondary N) is 1. The van der Waals surface area contributed by atoms with Crippen LogP contribution in [0.3, 0.4) is 0 Å². The van der Waals surface area contributed by atoms with Crippen LogP contribution < -0.4 is 21.1 Å². The maximum absolute atomic E-state index is 12.6. The lowest BCUT2D eigenvalue weighted by Gasteiger charge is -2.23. The zero-order valence-electron chi connectivity index (χ0n) is 16.1. The summed E-state index contributed by atoms with van der Waals surface area (Å²) in [4.78, 5) is 29.0. The van der Waals surface area contributed by atoms with Gasteiger partial charge in [-0.05, 0) is 17.7 Å². The van der Waals surface area contributed by atoms with E-state index in [9.17, 15) is 22.8 Å². The van der Waals surface area contributed by atoms with E-state index in [4.69, 9.17) is 4.42 Å². The summed E-state index contributed by atoms with van der Waals surface area (Å²) in [5, 5.41) is 6.26. The number of anilines is 2. The van der Waals surface area contributed by atoms with E-state index in [1.54, 1.807) is 48.3 Å². The Kier molecular flexibility index (Phi) is 5.09. The van der Waals surface area contributed by atoms with E-state index in [0.29, 0.717) is 17.9 Å². The van der Waals surface area contributed by atoms with Crippen molar-refractivity contribution >= 4 is 11.4 Å². The first kappa shape index (κ1) is 20.4. The molecule has 4 aromatic rings. The topological polar surface area (TPSA) is 101 Å². The van der Waals surface area contributed by atoms with Crippen LogP contribution in [0.1, 0.15) is 17.2 Å². The van der Waals surface area contributed by atoms with E-state index in [0.717, 1.165) is 5.56 Å². The second kappa shape index (κ2) is 7.74. The van der Waals surface area contributed by atoms with Gasteiger partial charge in [0.2, 0.25) is 5.82 Å². The molecule has 0 bridgehead atoms. The van der Waals surface area contributed by atoms with E-state index in [1.165, 1.54) is 6.26 Å². The lowest BCUT2D eigenvalue weighted by atomic mass is 10.1. The number of aromatic nitrogens is 2. The van der Waals surface area contributed by atoms with Gasteiger partial charge in [-0.1, -0.05) is 29.4 Å². The van der Waals surface area contributed by atoms with Crippen molar-refractivity contribution < 1.29 is 22.1 Å². The molecule has 0 atom stereocenters. The Morgan fingerprint density at radius 3 is 2.45 bits per heavy atom. The molecule has 0 fully saturated rings. The molecule has 0 aliphatic rings. The molecule has 0 aliphatic heterocycles. The van der Waals surface area contributed by atoms with Gasteiger partial charge in [-0.3, -0.25) is 9.59 Å². The van der Waals surface area contributed by atoms with Gasteiger partial charge in [-0.2, -0.15) is 18.2 Å². The standard InChI is InChI=1S/C20H15F3N4O4/c1-27(15-14(16(28)17(15)29)24-9-13-3-2-8-30-13)10-11-4-6-12(7-5-11)18-25-19(31-26-18)20(21,22)23/h2-8,24H,9-10H2,1H3. The van der Waals surface area contributed by atoms with Gasteiger partial charge in [0.25, 0.3) is 10.9 Å². The largest absolute Gasteiger partial charge is 0.471 e. The average molecular weight is 432 g/mol. The molecule has 0 saturated carbocycles. The lowest BCUT2D eigenvalue weighted by Crippen LogP contribution is -2.41. The number of halogens is 3. The fourth-order valence-electron chi connectivity index (χ4n) is 3.06. The number of benzene rings is 1. The molecule has 31 heavy (non-hydrogen) atoms. The predicted octanol–water partition coefficient (Wildman–Crippen LogP) is 3.19. The Balaban J connectivity index is 1.45. The number of furan rings is 1. The van der Waals surface area contributed by atoms with Gasteiger partial charge in [0.1, 0.15) is 17.1 Å². The summed E-state index contributed by atoms with van der Waals surface area (Å²) in [7, 11) is 1.66. The highest BCUT2D eigenvalue weighted by atomic mass is 19.4. The smallest absolute Gasteiger partial charge is 0.467 e. The molecule has 0 saturated heterocycles. The summed E-state index contributed by atoms with van der Waals surface area (Å²) >= 11 is 0. The molecule has 0 amide bonds. The van der Waals surface area contributed by atoms with E-state index < -0.39 is 22.9 Å². The SMILES string of the molecule is CN(Cc1ccc(-c2noc(C(F)(F)F)n2)cc1)c1c(NCc2ccco2)c(=O)c1=O. The van der Waals surface area contributed by atoms with E-state index >= 15 is 0 Å². The lowest BCUT2D eigenvalue weighted by molar-refractivity contribution is -0.159. The second-order valence-corrected chi connectivity index (χ2v) is 6.79. The van der Waals surface area contributed by atoms with E-state index in [-0.39, 0.29) is 23.7 Å². The van der Waals surface area contributed by atoms with Crippen molar-refractivity contribution in [2.45, 2.75) is 19.3 Å². The van der Waals surface area contributed by atoms with Crippen molar-refractivity contribution in [2.75, 3.05) is 17.3 Å². The highest BCUT2D eigenvalue weighted by Crippen LogP contribution is 2.29. The molecule has 0 radical (unpaired) electrons. The normalized spacial score (nSPS) is 11.7. The molecule has 1 N–H and O–H groups in total. The molecular formula is C20H15F3N4O4. The van der Waals surface area contributed by atoms with Crippen LogP contribution in [0.5, 0.6) is 0 Å². The molecule has 0 spiro atoms. The summed E-state index contributed by atoms with van der Waals surface area (Å²) in [6, 6.07) is 9.88. The summed E-state index contributed by atoms with van der Waals surface area (Å²) < 4.78 is 47.2. The van der Waals surface area contributed by atoms with E-state index in [2.05, 4.69) is 20.0 Å². The first-order valence-electron chi connectivity index (χ1n) is 9.05. The molecule has 0 unspecified atom stereocenters. The summed E-state index contributed by atoms with van der Waals surface area (Å²) in [6.45, 7) is 0.554. The van der Waals surface area contributed by atoms with Crippen molar-refractivity contribution in [2.24, 2.45) is 0 Å². The summed E-state index contributed by atoms with van der Waals surface area (Å²) in [6.07, 6.45) is -3.20. The first-order valence-corrected chi connectivity index (χ1v) is 9.05. The van der Waals surface area contributed by atoms with Gasteiger partial charge < -0.3 is 19.2 Å². The summed E-state index contributed by atoms with van der Waals surface area (Å²) in [5.74, 6) is -0.979. The highest BCUT2D eigenvalue weighted by molar-refractivity contribution is 5.75. The van der Waals surface area contributed by atoms with Crippen molar-refractivity contribution in [3.05, 3.63) is 80.3 Å². The Morgan fingerprint density at radius 2 is 1.84 bits per heavy atom. The maximum atomic E-state index is 12.6. The van der Waals surface area contributed by atoms with Gasteiger partial charge in [-0.15, -0.1) is 0 Å². The van der Waals surface area contributed by atoms with Gasteiger partial charge in [0.05, 0.1) is 12.8 Å². The molecule has 2 heterocycles.